The van der Waals surface area contributed by atoms with E-state index < -0.39 is 12.0 Å². The molecule has 1 aromatic carbocycles. The molecule has 0 spiro atoms. The van der Waals surface area contributed by atoms with Gasteiger partial charge in [0, 0.05) is 18.8 Å². The van der Waals surface area contributed by atoms with Crippen LogP contribution in [0.5, 0.6) is 0 Å². The highest BCUT2D eigenvalue weighted by atomic mass is 32.1. The number of carbonyl (C=O) groups is 2. The molecule has 1 aliphatic heterocycles. The van der Waals surface area contributed by atoms with E-state index >= 15 is 0 Å². The number of amides is 1. The maximum atomic E-state index is 12.1. The lowest BCUT2D eigenvalue weighted by Crippen LogP contribution is -2.58. The van der Waals surface area contributed by atoms with Gasteiger partial charge in [-0.15, -0.1) is 0 Å². The second-order valence-electron chi connectivity index (χ2n) is 5.49. The number of nitrogens with one attached hydrogen (secondary N) is 2. The molecule has 24 heavy (non-hydrogen) atoms. The summed E-state index contributed by atoms with van der Waals surface area (Å²) in [5.41, 5.74) is 2.10. The van der Waals surface area contributed by atoms with Gasteiger partial charge in [0.05, 0.1) is 13.0 Å². The van der Waals surface area contributed by atoms with Crippen LogP contribution in [-0.4, -0.2) is 47.6 Å². The van der Waals surface area contributed by atoms with Gasteiger partial charge in [0.1, 0.15) is 6.04 Å². The molecule has 0 bridgehead atoms. The summed E-state index contributed by atoms with van der Waals surface area (Å²) in [7, 11) is 0. The molecule has 7 heteroatoms. The minimum absolute atomic E-state index is 0.0176. The molecule has 1 aliphatic rings. The van der Waals surface area contributed by atoms with Crippen LogP contribution >= 0.6 is 12.2 Å². The first-order valence-corrected chi connectivity index (χ1v) is 8.55. The standard InChI is InChI=1S/C17H23N3O3S/c1-3-12-5-7-13(8-6-12)19-17(24)20-10-9-18-16(22)14(20)11-15(21)23-4-2/h5-8,14H,3-4,9-11H2,1-2H3,(H,18,22)(H,19,24). The Hall–Kier alpha value is -2.15. The van der Waals surface area contributed by atoms with Crippen LogP contribution in [0, 0.1) is 0 Å². The van der Waals surface area contributed by atoms with Gasteiger partial charge in [-0.3, -0.25) is 9.59 Å². The highest BCUT2D eigenvalue weighted by molar-refractivity contribution is 7.80. The van der Waals surface area contributed by atoms with Crippen LogP contribution in [0.4, 0.5) is 5.69 Å². The average molecular weight is 349 g/mol. The van der Waals surface area contributed by atoms with Crippen molar-refractivity contribution in [1.29, 1.82) is 0 Å². The fourth-order valence-corrected chi connectivity index (χ4v) is 2.89. The van der Waals surface area contributed by atoms with E-state index in [0.29, 0.717) is 24.8 Å². The number of rotatable bonds is 5. The van der Waals surface area contributed by atoms with Gasteiger partial charge in [0.2, 0.25) is 5.91 Å². The number of carbonyl (C=O) groups excluding carboxylic acids is 2. The van der Waals surface area contributed by atoms with Crippen molar-refractivity contribution in [3.05, 3.63) is 29.8 Å². The van der Waals surface area contributed by atoms with Gasteiger partial charge in [-0.05, 0) is 43.3 Å². The molecule has 0 radical (unpaired) electrons. The third-order valence-electron chi connectivity index (χ3n) is 3.87. The third kappa shape index (κ3) is 4.67. The maximum Gasteiger partial charge on any atom is 0.308 e. The molecule has 0 aliphatic carbocycles. The van der Waals surface area contributed by atoms with E-state index in [2.05, 4.69) is 17.6 Å². The van der Waals surface area contributed by atoms with E-state index in [1.54, 1.807) is 11.8 Å². The van der Waals surface area contributed by atoms with Crippen molar-refractivity contribution in [2.45, 2.75) is 32.7 Å². The second-order valence-corrected chi connectivity index (χ2v) is 5.88. The smallest absolute Gasteiger partial charge is 0.308 e. The van der Waals surface area contributed by atoms with Gasteiger partial charge in [0.25, 0.3) is 0 Å². The number of benzene rings is 1. The van der Waals surface area contributed by atoms with Crippen LogP contribution in [0.15, 0.2) is 24.3 Å². The summed E-state index contributed by atoms with van der Waals surface area (Å²) in [5, 5.41) is 6.35. The molecule has 1 saturated heterocycles. The van der Waals surface area contributed by atoms with Crippen LogP contribution in [0.3, 0.4) is 0 Å². The van der Waals surface area contributed by atoms with Crippen LogP contribution in [0.25, 0.3) is 0 Å². The Morgan fingerprint density at radius 2 is 2.08 bits per heavy atom. The molecule has 6 nitrogen and oxygen atoms in total. The molecule has 1 aromatic rings. The Labute approximate surface area is 147 Å². The molecule has 2 rings (SSSR count). The summed E-state index contributed by atoms with van der Waals surface area (Å²) < 4.78 is 4.96. The maximum absolute atomic E-state index is 12.1. The zero-order chi connectivity index (χ0) is 17.5. The van der Waals surface area contributed by atoms with Crippen molar-refractivity contribution in [3.63, 3.8) is 0 Å². The number of esters is 1. The SMILES string of the molecule is CCOC(=O)CC1C(=O)NCCN1C(=S)Nc1ccc(CC)cc1. The Kier molecular flexibility index (Phi) is 6.54. The van der Waals surface area contributed by atoms with E-state index in [1.807, 2.05) is 24.3 Å². The van der Waals surface area contributed by atoms with Gasteiger partial charge < -0.3 is 20.3 Å². The highest BCUT2D eigenvalue weighted by Gasteiger charge is 2.33. The second kappa shape index (κ2) is 8.63. The molecule has 0 aromatic heterocycles. The summed E-state index contributed by atoms with van der Waals surface area (Å²) in [6.07, 6.45) is 0.953. The van der Waals surface area contributed by atoms with E-state index in [1.165, 1.54) is 5.56 Å². The minimum atomic E-state index is -0.646. The quantitative estimate of drug-likeness (QED) is 0.623. The first-order valence-electron chi connectivity index (χ1n) is 8.15. The number of ether oxygens (including phenoxy) is 1. The van der Waals surface area contributed by atoms with Crippen molar-refractivity contribution in [2.24, 2.45) is 0 Å². The van der Waals surface area contributed by atoms with Gasteiger partial charge in [0.15, 0.2) is 5.11 Å². The first-order chi connectivity index (χ1) is 11.5. The lowest BCUT2D eigenvalue weighted by Gasteiger charge is -2.36. The largest absolute Gasteiger partial charge is 0.466 e. The molecule has 1 fully saturated rings. The number of piperazine rings is 1. The van der Waals surface area contributed by atoms with Crippen LogP contribution in [-0.2, 0) is 20.7 Å². The lowest BCUT2D eigenvalue weighted by molar-refractivity contribution is -0.147. The van der Waals surface area contributed by atoms with Crippen molar-refractivity contribution < 1.29 is 14.3 Å². The lowest BCUT2D eigenvalue weighted by atomic mass is 10.1. The molecule has 0 saturated carbocycles. The van der Waals surface area contributed by atoms with Gasteiger partial charge >= 0.3 is 5.97 Å². The topological polar surface area (TPSA) is 70.7 Å². The summed E-state index contributed by atoms with van der Waals surface area (Å²) in [6.45, 7) is 5.17. The first kappa shape index (κ1) is 18.2. The Bertz CT molecular complexity index is 604. The van der Waals surface area contributed by atoms with Crippen LogP contribution in [0.2, 0.25) is 0 Å². The number of hydrogen-bond donors (Lipinski definition) is 2. The molecule has 1 heterocycles. The van der Waals surface area contributed by atoms with E-state index in [-0.39, 0.29) is 12.3 Å². The van der Waals surface area contributed by atoms with Crippen molar-refractivity contribution in [3.8, 4) is 0 Å². The highest BCUT2D eigenvalue weighted by Crippen LogP contribution is 2.15. The van der Waals surface area contributed by atoms with Crippen LogP contribution < -0.4 is 10.6 Å². The average Bonchev–Trinajstić information content (AvgIpc) is 2.57. The predicted octanol–water partition coefficient (Wildman–Crippen LogP) is 1.70. The normalized spacial score (nSPS) is 17.2. The summed E-state index contributed by atoms with van der Waals surface area (Å²) in [6, 6.07) is 7.33. The van der Waals surface area contributed by atoms with Crippen molar-refractivity contribution in [1.82, 2.24) is 10.2 Å². The molecule has 1 atom stereocenters. The van der Waals surface area contributed by atoms with Crippen molar-refractivity contribution in [2.75, 3.05) is 25.0 Å². The monoisotopic (exact) mass is 349 g/mol. The minimum Gasteiger partial charge on any atom is -0.466 e. The zero-order valence-corrected chi connectivity index (χ0v) is 14.8. The van der Waals surface area contributed by atoms with Gasteiger partial charge in [-0.1, -0.05) is 19.1 Å². The van der Waals surface area contributed by atoms with E-state index in [4.69, 9.17) is 17.0 Å². The summed E-state index contributed by atoms with van der Waals surface area (Å²) >= 11 is 5.45. The molecule has 1 unspecified atom stereocenters. The molecule has 1 amide bonds. The molecule has 2 N–H and O–H groups in total. The fourth-order valence-electron chi connectivity index (χ4n) is 2.56. The van der Waals surface area contributed by atoms with Crippen molar-refractivity contribution >= 4 is 34.9 Å². The Morgan fingerprint density at radius 3 is 2.71 bits per heavy atom. The van der Waals surface area contributed by atoms with Crippen LogP contribution in [0.1, 0.15) is 25.8 Å². The Balaban J connectivity index is 2.05. The number of aryl methyl sites for hydroxylation is 1. The summed E-state index contributed by atoms with van der Waals surface area (Å²) in [5.74, 6) is -0.612. The third-order valence-corrected chi connectivity index (χ3v) is 4.21. The van der Waals surface area contributed by atoms with Gasteiger partial charge in [-0.25, -0.2) is 0 Å². The van der Waals surface area contributed by atoms with E-state index in [9.17, 15) is 9.59 Å². The number of hydrogen-bond acceptors (Lipinski definition) is 4. The molecule has 130 valence electrons. The number of anilines is 1. The van der Waals surface area contributed by atoms with Gasteiger partial charge in [-0.2, -0.15) is 0 Å². The fraction of sp³-hybridized carbons (Fsp3) is 0.471. The number of nitrogens with zero attached hydrogens (tertiary/aromatic N) is 1. The number of thiocarbonyl (C=S) groups is 1. The predicted molar refractivity (Wildman–Crippen MR) is 96.8 cm³/mol. The zero-order valence-electron chi connectivity index (χ0n) is 14.0. The molecular formula is C17H23N3O3S. The molecular weight excluding hydrogens is 326 g/mol. The Morgan fingerprint density at radius 1 is 1.38 bits per heavy atom. The van der Waals surface area contributed by atoms with E-state index in [0.717, 1.165) is 12.1 Å². The summed E-state index contributed by atoms with van der Waals surface area (Å²) in [4.78, 5) is 25.6.